The van der Waals surface area contributed by atoms with Crippen LogP contribution in [0.25, 0.3) is 0 Å². The Labute approximate surface area is 113 Å². The minimum absolute atomic E-state index is 0. The van der Waals surface area contributed by atoms with E-state index in [1.807, 2.05) is 37.3 Å². The van der Waals surface area contributed by atoms with Gasteiger partial charge in [0.2, 0.25) is 5.91 Å². The maximum atomic E-state index is 11.4. The van der Waals surface area contributed by atoms with E-state index in [0.29, 0.717) is 12.3 Å². The molecule has 3 nitrogen and oxygen atoms in total. The van der Waals surface area contributed by atoms with Gasteiger partial charge in [-0.05, 0) is 18.7 Å². The van der Waals surface area contributed by atoms with Crippen LogP contribution in [0, 0.1) is 0 Å². The molecule has 0 bridgehead atoms. The lowest BCUT2D eigenvalue weighted by atomic mass is 10.4. The van der Waals surface area contributed by atoms with Crippen LogP contribution in [0.2, 0.25) is 0 Å². The van der Waals surface area contributed by atoms with Crippen LogP contribution in [0.3, 0.4) is 0 Å². The molecule has 0 spiro atoms. The summed E-state index contributed by atoms with van der Waals surface area (Å²) in [6.07, 6.45) is 0. The molecule has 1 aromatic rings. The molecule has 2 N–H and O–H groups in total. The summed E-state index contributed by atoms with van der Waals surface area (Å²) in [5, 5.41) is 6.02. The highest BCUT2D eigenvalue weighted by molar-refractivity contribution is 8.00. The molecule has 1 aromatic carbocycles. The van der Waals surface area contributed by atoms with Crippen molar-refractivity contribution in [3.05, 3.63) is 30.3 Å². The predicted octanol–water partition coefficient (Wildman–Crippen LogP) is 1.93. The first kappa shape index (κ1) is 16.3. The van der Waals surface area contributed by atoms with Gasteiger partial charge in [0.1, 0.15) is 0 Å². The summed E-state index contributed by atoms with van der Waals surface area (Å²) < 4.78 is 0. The lowest BCUT2D eigenvalue weighted by molar-refractivity contribution is -0.118. The average Bonchev–Trinajstić information content (AvgIpc) is 2.33. The molecule has 0 radical (unpaired) electrons. The smallest absolute Gasteiger partial charge is 0.230 e. The quantitative estimate of drug-likeness (QED) is 0.590. The lowest BCUT2D eigenvalue weighted by Gasteiger charge is -2.05. The van der Waals surface area contributed by atoms with Gasteiger partial charge in [-0.1, -0.05) is 25.1 Å². The number of carbonyl (C=O) groups is 1. The van der Waals surface area contributed by atoms with Crippen LogP contribution in [0.1, 0.15) is 6.92 Å². The van der Waals surface area contributed by atoms with E-state index < -0.39 is 0 Å². The van der Waals surface area contributed by atoms with Crippen LogP contribution in [-0.4, -0.2) is 31.3 Å². The summed E-state index contributed by atoms with van der Waals surface area (Å²) >= 11 is 1.56. The molecule has 0 atom stereocenters. The molecule has 0 aliphatic heterocycles. The number of nitrogens with one attached hydrogen (secondary N) is 2. The van der Waals surface area contributed by atoms with Gasteiger partial charge < -0.3 is 10.6 Å². The highest BCUT2D eigenvalue weighted by Crippen LogP contribution is 2.15. The average molecular weight is 275 g/mol. The Balaban J connectivity index is 0.00000256. The Morgan fingerprint density at radius 2 is 1.94 bits per heavy atom. The van der Waals surface area contributed by atoms with Crippen LogP contribution in [0.4, 0.5) is 0 Å². The second kappa shape index (κ2) is 10.4. The van der Waals surface area contributed by atoms with Gasteiger partial charge in [0.25, 0.3) is 0 Å². The molecule has 0 unspecified atom stereocenters. The zero-order valence-electron chi connectivity index (χ0n) is 9.94. The highest BCUT2D eigenvalue weighted by Gasteiger charge is 2.01. The van der Waals surface area contributed by atoms with Gasteiger partial charge in [-0.2, -0.15) is 0 Å². The zero-order chi connectivity index (χ0) is 11.6. The van der Waals surface area contributed by atoms with E-state index >= 15 is 0 Å². The van der Waals surface area contributed by atoms with Crippen molar-refractivity contribution < 1.29 is 4.79 Å². The first-order chi connectivity index (χ1) is 7.83. The van der Waals surface area contributed by atoms with Crippen LogP contribution in [0.15, 0.2) is 35.2 Å². The van der Waals surface area contributed by atoms with Crippen molar-refractivity contribution in [3.63, 3.8) is 0 Å². The van der Waals surface area contributed by atoms with E-state index in [1.165, 1.54) is 0 Å². The summed E-state index contributed by atoms with van der Waals surface area (Å²) in [5.74, 6) is 0.572. The number of benzene rings is 1. The molecule has 5 heteroatoms. The molecule has 0 heterocycles. The number of carbonyl (C=O) groups excluding carboxylic acids is 1. The van der Waals surface area contributed by atoms with Crippen LogP contribution >= 0.6 is 24.2 Å². The first-order valence-corrected chi connectivity index (χ1v) is 6.46. The van der Waals surface area contributed by atoms with Crippen molar-refractivity contribution in [1.29, 1.82) is 0 Å². The number of thioether (sulfide) groups is 1. The second-order valence-corrected chi connectivity index (χ2v) is 4.35. The third-order valence-electron chi connectivity index (χ3n) is 1.99. The minimum Gasteiger partial charge on any atom is -0.354 e. The molecule has 0 saturated heterocycles. The van der Waals surface area contributed by atoms with E-state index in [1.54, 1.807) is 11.8 Å². The standard InChI is InChI=1S/C12H18N2OS.ClH/c1-2-13-8-9-14-12(15)10-16-11-6-4-3-5-7-11;/h3-7,13H,2,8-10H2,1H3,(H,14,15);1H. The number of hydrogen-bond acceptors (Lipinski definition) is 3. The van der Waals surface area contributed by atoms with Gasteiger partial charge in [0.15, 0.2) is 0 Å². The summed E-state index contributed by atoms with van der Waals surface area (Å²) in [6.45, 7) is 4.52. The summed E-state index contributed by atoms with van der Waals surface area (Å²) in [6, 6.07) is 9.95. The topological polar surface area (TPSA) is 41.1 Å². The molecule has 0 fully saturated rings. The molecule has 1 amide bonds. The molecule has 0 saturated carbocycles. The third kappa shape index (κ3) is 8.07. The number of rotatable bonds is 7. The Morgan fingerprint density at radius 3 is 2.59 bits per heavy atom. The lowest BCUT2D eigenvalue weighted by Crippen LogP contribution is -2.32. The normalized spacial score (nSPS) is 9.47. The van der Waals surface area contributed by atoms with Crippen LogP contribution in [0.5, 0.6) is 0 Å². The third-order valence-corrected chi connectivity index (χ3v) is 3.00. The summed E-state index contributed by atoms with van der Waals surface area (Å²) in [5.41, 5.74) is 0. The first-order valence-electron chi connectivity index (χ1n) is 5.48. The fourth-order valence-corrected chi connectivity index (χ4v) is 1.93. The summed E-state index contributed by atoms with van der Waals surface area (Å²) in [4.78, 5) is 12.5. The number of halogens is 1. The van der Waals surface area contributed by atoms with Gasteiger partial charge in [0, 0.05) is 18.0 Å². The number of amides is 1. The Morgan fingerprint density at radius 1 is 1.24 bits per heavy atom. The Bertz CT molecular complexity index is 309. The van der Waals surface area contributed by atoms with Crippen molar-refractivity contribution in [2.24, 2.45) is 0 Å². The fraction of sp³-hybridized carbons (Fsp3) is 0.417. The monoisotopic (exact) mass is 274 g/mol. The summed E-state index contributed by atoms with van der Waals surface area (Å²) in [7, 11) is 0. The molecular weight excluding hydrogens is 256 g/mol. The van der Waals surface area contributed by atoms with Gasteiger partial charge in [-0.25, -0.2) is 0 Å². The van der Waals surface area contributed by atoms with E-state index in [4.69, 9.17) is 0 Å². The number of hydrogen-bond donors (Lipinski definition) is 2. The fourth-order valence-electron chi connectivity index (χ4n) is 1.18. The molecule has 1 rings (SSSR count). The molecule has 96 valence electrons. The van der Waals surface area contributed by atoms with Gasteiger partial charge in [-0.15, -0.1) is 24.2 Å². The van der Waals surface area contributed by atoms with Crippen molar-refractivity contribution in [2.45, 2.75) is 11.8 Å². The molecular formula is C12H19ClN2OS. The SMILES string of the molecule is CCNCCNC(=O)CSc1ccccc1.Cl. The van der Waals surface area contributed by atoms with Crippen molar-refractivity contribution in [1.82, 2.24) is 10.6 Å². The number of likely N-dealkylation sites (N-methyl/N-ethyl adjacent to an activating group) is 1. The Hall–Kier alpha value is -0.710. The van der Waals surface area contributed by atoms with Crippen LogP contribution in [-0.2, 0) is 4.79 Å². The van der Waals surface area contributed by atoms with Crippen molar-refractivity contribution >= 4 is 30.1 Å². The maximum Gasteiger partial charge on any atom is 0.230 e. The van der Waals surface area contributed by atoms with Crippen LogP contribution < -0.4 is 10.6 Å². The second-order valence-electron chi connectivity index (χ2n) is 3.31. The predicted molar refractivity (Wildman–Crippen MR) is 76.0 cm³/mol. The van der Waals surface area contributed by atoms with E-state index in [0.717, 1.165) is 18.0 Å². The maximum absolute atomic E-state index is 11.4. The molecule has 0 aliphatic carbocycles. The van der Waals surface area contributed by atoms with Gasteiger partial charge in [0.05, 0.1) is 5.75 Å². The van der Waals surface area contributed by atoms with E-state index in [2.05, 4.69) is 10.6 Å². The van der Waals surface area contributed by atoms with Gasteiger partial charge in [-0.3, -0.25) is 4.79 Å². The Kier molecular flexibility index (Phi) is 10.0. The molecule has 0 aliphatic rings. The zero-order valence-corrected chi connectivity index (χ0v) is 11.6. The highest BCUT2D eigenvalue weighted by atomic mass is 35.5. The van der Waals surface area contributed by atoms with E-state index in [9.17, 15) is 4.79 Å². The van der Waals surface area contributed by atoms with Crippen molar-refractivity contribution in [2.75, 3.05) is 25.4 Å². The largest absolute Gasteiger partial charge is 0.354 e. The van der Waals surface area contributed by atoms with E-state index in [-0.39, 0.29) is 18.3 Å². The van der Waals surface area contributed by atoms with Crippen molar-refractivity contribution in [3.8, 4) is 0 Å². The van der Waals surface area contributed by atoms with Gasteiger partial charge >= 0.3 is 0 Å². The molecule has 17 heavy (non-hydrogen) atoms. The molecule has 0 aromatic heterocycles. The minimum atomic E-state index is 0.